The predicted octanol–water partition coefficient (Wildman–Crippen LogP) is 11.0. The van der Waals surface area contributed by atoms with Gasteiger partial charge in [0.05, 0.1) is 18.5 Å². The van der Waals surface area contributed by atoms with Gasteiger partial charge in [0.2, 0.25) is 0 Å². The van der Waals surface area contributed by atoms with Gasteiger partial charge in [-0.25, -0.2) is 14.8 Å². The molecule has 0 saturated carbocycles. The molecular weight excluding hydrogens is 773 g/mol. The fourth-order valence-electron chi connectivity index (χ4n) is 5.78. The number of hydrogen-bond acceptors (Lipinski definition) is 10. The molecule has 1 amide bonds. The molecule has 4 aromatic rings. The normalized spacial score (nSPS) is 15.3. The van der Waals surface area contributed by atoms with Gasteiger partial charge in [-0.1, -0.05) is 85.4 Å². The quantitative estimate of drug-likeness (QED) is 0.147. The second kappa shape index (κ2) is 21.6. The molecule has 324 valence electrons. The number of aliphatic hydroxyl groups excluding tert-OH is 1. The van der Waals surface area contributed by atoms with Gasteiger partial charge in [-0.15, -0.1) is 0 Å². The number of nitrogens with zero attached hydrogens (tertiary/aromatic N) is 4. The van der Waals surface area contributed by atoms with E-state index in [4.69, 9.17) is 19.3 Å². The number of aliphatic hydroxyl groups is 1. The lowest BCUT2D eigenvalue weighted by molar-refractivity contribution is 0.0950. The Kier molecular flexibility index (Phi) is 17.9. The summed E-state index contributed by atoms with van der Waals surface area (Å²) >= 11 is 0. The van der Waals surface area contributed by atoms with Crippen LogP contribution in [0.1, 0.15) is 74.7 Å². The molecule has 2 aliphatic heterocycles. The van der Waals surface area contributed by atoms with Crippen LogP contribution in [0.2, 0.25) is 36.3 Å². The molecule has 2 fully saturated rings. The summed E-state index contributed by atoms with van der Waals surface area (Å²) in [4.78, 5) is 25.2. The number of hydrogen-bond donors (Lipinski definition) is 3. The number of anilines is 4. The number of carbonyl (C=O) groups excluding carboxylic acids is 1. The van der Waals surface area contributed by atoms with E-state index >= 15 is 0 Å². The van der Waals surface area contributed by atoms with Crippen molar-refractivity contribution in [2.45, 2.75) is 123 Å². The molecule has 13 heteroatoms. The molecule has 2 saturated heterocycles. The molecule has 2 aromatic carbocycles. The number of benzene rings is 2. The molecular formula is C46H72N6O5Si2. The zero-order chi connectivity index (χ0) is 42.6. The third-order valence-electron chi connectivity index (χ3n) is 11.5. The maximum Gasteiger partial charge on any atom is 0.413 e. The molecule has 0 spiro atoms. The number of nitrogens with two attached hydrogens (primary N) is 1. The van der Waals surface area contributed by atoms with Crippen LogP contribution in [0.5, 0.6) is 11.5 Å². The number of carbonyl (C=O) groups is 1. The third kappa shape index (κ3) is 15.5. The van der Waals surface area contributed by atoms with Crippen molar-refractivity contribution in [3.63, 3.8) is 0 Å². The summed E-state index contributed by atoms with van der Waals surface area (Å²) in [5.74, 6) is 2.53. The summed E-state index contributed by atoms with van der Waals surface area (Å²) in [5.41, 5.74) is 8.01. The first-order valence-electron chi connectivity index (χ1n) is 20.5. The average Bonchev–Trinajstić information content (AvgIpc) is 3.17. The van der Waals surface area contributed by atoms with Crippen molar-refractivity contribution in [3.05, 3.63) is 97.3 Å². The number of piperidine rings is 2. The molecule has 4 N–H and O–H groups in total. The number of para-hydroxylation sites is 2. The van der Waals surface area contributed by atoms with E-state index in [1.165, 1.54) is 11.4 Å². The molecule has 0 atom stereocenters. The summed E-state index contributed by atoms with van der Waals surface area (Å²) in [6, 6.07) is 28.0. The van der Waals surface area contributed by atoms with Crippen LogP contribution in [0.25, 0.3) is 0 Å². The Morgan fingerprint density at radius 2 is 1.10 bits per heavy atom. The maximum absolute atomic E-state index is 12.3. The minimum atomic E-state index is -1.91. The standard InChI is InChI=1S/C23H33N3O3Si.C11H20N2OSi.C11H15NO.CH4/c1-23(2,3)30(4,5)29-20-11-12-21(24-17-20)25-22(27)28-19-13-15-26(16-14-19)18-9-7-6-8-10-18;1-11(2,3)15(4,5)14-9-6-7-10(12)13-8-9;13-11-6-8-12(9-7-11)10-4-2-1-3-5-10;/h6-12,17,19H,13-16H2,1-5H3,(H,24,25,27);6-8H,1-5H3,(H2,12,13);1-5,11,13H,6-9H2;1H4. The molecule has 4 heterocycles. The zero-order valence-corrected chi connectivity index (χ0v) is 38.5. The van der Waals surface area contributed by atoms with Crippen LogP contribution in [0.15, 0.2) is 97.3 Å². The third-order valence-corrected chi connectivity index (χ3v) is 20.2. The van der Waals surface area contributed by atoms with Gasteiger partial charge in [-0.2, -0.15) is 0 Å². The lowest BCUT2D eigenvalue weighted by Gasteiger charge is -2.36. The summed E-state index contributed by atoms with van der Waals surface area (Å²) < 4.78 is 17.9. The van der Waals surface area contributed by atoms with Crippen molar-refractivity contribution >= 4 is 45.7 Å². The summed E-state index contributed by atoms with van der Waals surface area (Å²) in [5, 5.41) is 12.4. The average molecular weight is 845 g/mol. The van der Waals surface area contributed by atoms with Gasteiger partial charge in [-0.05, 0) is 97.6 Å². The number of pyridine rings is 2. The number of nitrogen functional groups attached to an aromatic ring is 1. The van der Waals surface area contributed by atoms with Gasteiger partial charge < -0.3 is 34.2 Å². The molecule has 0 aliphatic carbocycles. The first-order valence-corrected chi connectivity index (χ1v) is 26.4. The molecule has 11 nitrogen and oxygen atoms in total. The van der Waals surface area contributed by atoms with Gasteiger partial charge in [-0.3, -0.25) is 5.32 Å². The molecule has 0 unspecified atom stereocenters. The molecule has 6 rings (SSSR count). The van der Waals surface area contributed by atoms with Crippen molar-refractivity contribution in [1.82, 2.24) is 9.97 Å². The van der Waals surface area contributed by atoms with Crippen LogP contribution >= 0.6 is 0 Å². The van der Waals surface area contributed by atoms with E-state index in [0.29, 0.717) is 11.6 Å². The van der Waals surface area contributed by atoms with E-state index in [1.807, 2.05) is 36.4 Å². The second-order valence-corrected chi connectivity index (χ2v) is 27.6. The Hall–Kier alpha value is -4.60. The number of amides is 1. The second-order valence-electron chi connectivity index (χ2n) is 18.1. The molecule has 0 radical (unpaired) electrons. The smallest absolute Gasteiger partial charge is 0.413 e. The summed E-state index contributed by atoms with van der Waals surface area (Å²) in [7, 11) is -3.65. The predicted molar refractivity (Wildman–Crippen MR) is 251 cm³/mol. The van der Waals surface area contributed by atoms with Crippen molar-refractivity contribution in [2.75, 3.05) is 47.0 Å². The van der Waals surface area contributed by atoms with Crippen LogP contribution in [0.3, 0.4) is 0 Å². The molecule has 59 heavy (non-hydrogen) atoms. The van der Waals surface area contributed by atoms with E-state index < -0.39 is 22.7 Å². The van der Waals surface area contributed by atoms with Crippen LogP contribution in [-0.4, -0.2) is 76.2 Å². The topological polar surface area (TPSA) is 135 Å². The highest BCUT2D eigenvalue weighted by molar-refractivity contribution is 6.75. The maximum atomic E-state index is 12.3. The Bertz CT molecular complexity index is 1800. The minimum Gasteiger partial charge on any atom is -0.542 e. The molecule has 0 bridgehead atoms. The van der Waals surface area contributed by atoms with Crippen molar-refractivity contribution < 1.29 is 23.5 Å². The number of aromatic nitrogens is 2. The van der Waals surface area contributed by atoms with Crippen LogP contribution in [0.4, 0.5) is 27.8 Å². The van der Waals surface area contributed by atoms with Crippen molar-refractivity contribution in [3.8, 4) is 11.5 Å². The Morgan fingerprint density at radius 3 is 1.49 bits per heavy atom. The first-order chi connectivity index (χ1) is 27.2. The van der Waals surface area contributed by atoms with Crippen LogP contribution in [-0.2, 0) is 4.74 Å². The van der Waals surface area contributed by atoms with Gasteiger partial charge in [0.1, 0.15) is 29.2 Å². The molecule has 2 aliphatic rings. The van der Waals surface area contributed by atoms with E-state index in [0.717, 1.165) is 63.4 Å². The lowest BCUT2D eigenvalue weighted by atomic mass is 10.1. The molecule has 2 aromatic heterocycles. The highest BCUT2D eigenvalue weighted by atomic mass is 28.4. The Labute approximate surface area is 357 Å². The monoisotopic (exact) mass is 845 g/mol. The number of ether oxygens (including phenoxy) is 1. The summed E-state index contributed by atoms with van der Waals surface area (Å²) in [6.45, 7) is 25.7. The SMILES string of the molecule is C.CC(C)(C)[Si](C)(C)Oc1ccc(N)nc1.CC(C)(C)[Si](C)(C)Oc1ccc(NC(=O)OC2CCN(c3ccccc3)CC2)nc1.OC1CCN(c2ccccc2)CC1. The van der Waals surface area contributed by atoms with Gasteiger partial charge >= 0.3 is 6.09 Å². The summed E-state index contributed by atoms with van der Waals surface area (Å²) in [6.07, 6.45) is 6.16. The number of rotatable bonds is 8. The fraction of sp³-hybridized carbons (Fsp3) is 0.500. The largest absolute Gasteiger partial charge is 0.542 e. The van der Waals surface area contributed by atoms with Gasteiger partial charge in [0, 0.05) is 50.4 Å². The van der Waals surface area contributed by atoms with Crippen molar-refractivity contribution in [1.29, 1.82) is 0 Å². The van der Waals surface area contributed by atoms with Crippen molar-refractivity contribution in [2.24, 2.45) is 0 Å². The lowest BCUT2D eigenvalue weighted by Crippen LogP contribution is -2.43. The van der Waals surface area contributed by atoms with Crippen LogP contribution in [0, 0.1) is 0 Å². The van der Waals surface area contributed by atoms with E-state index in [9.17, 15) is 9.90 Å². The van der Waals surface area contributed by atoms with Gasteiger partial charge in [0.15, 0.2) is 0 Å². The fourth-order valence-corrected chi connectivity index (χ4v) is 7.81. The van der Waals surface area contributed by atoms with E-state index in [2.05, 4.69) is 129 Å². The highest BCUT2D eigenvalue weighted by Crippen LogP contribution is 2.38. The minimum absolute atomic E-state index is 0. The zero-order valence-electron chi connectivity index (χ0n) is 36.5. The van der Waals surface area contributed by atoms with E-state index in [1.54, 1.807) is 24.5 Å². The first kappa shape index (κ1) is 48.8. The highest BCUT2D eigenvalue weighted by Gasteiger charge is 2.40. The van der Waals surface area contributed by atoms with Gasteiger partial charge in [0.25, 0.3) is 16.6 Å². The Balaban J connectivity index is 0.000000267. The Morgan fingerprint density at radius 1 is 0.678 bits per heavy atom. The van der Waals surface area contributed by atoms with E-state index in [-0.39, 0.29) is 29.7 Å². The van der Waals surface area contributed by atoms with Crippen LogP contribution < -0.4 is 29.7 Å². The number of nitrogens with one attached hydrogen (secondary N) is 1.